The number of hydrogen-bond donors (Lipinski definition) is 1. The fourth-order valence-corrected chi connectivity index (χ4v) is 2.76. The van der Waals surface area contributed by atoms with E-state index in [0.717, 1.165) is 17.7 Å². The molecule has 2 heteroatoms. The Hall–Kier alpha value is -1.02. The minimum atomic E-state index is -0.0534. The van der Waals surface area contributed by atoms with E-state index in [4.69, 9.17) is 4.74 Å². The van der Waals surface area contributed by atoms with Gasteiger partial charge in [0.05, 0.1) is 13.7 Å². The number of rotatable bonds is 3. The van der Waals surface area contributed by atoms with E-state index in [1.807, 2.05) is 0 Å². The Morgan fingerprint density at radius 2 is 2.06 bits per heavy atom. The van der Waals surface area contributed by atoms with Crippen molar-refractivity contribution in [2.24, 2.45) is 5.92 Å². The van der Waals surface area contributed by atoms with Crippen molar-refractivity contribution in [3.63, 3.8) is 0 Å². The average Bonchev–Trinajstić information content (AvgIpc) is 2.89. The molecule has 2 atom stereocenters. The van der Waals surface area contributed by atoms with Gasteiger partial charge in [0, 0.05) is 11.0 Å². The van der Waals surface area contributed by atoms with Gasteiger partial charge < -0.3 is 9.84 Å². The second kappa shape index (κ2) is 3.77. The first-order valence-corrected chi connectivity index (χ1v) is 5.81. The Kier molecular flexibility index (Phi) is 2.70. The highest BCUT2D eigenvalue weighted by Gasteiger charge is 2.53. The molecular weight excluding hydrogens is 200 g/mol. The van der Waals surface area contributed by atoms with Gasteiger partial charge in [-0.05, 0) is 31.7 Å². The van der Waals surface area contributed by atoms with Crippen molar-refractivity contribution < 1.29 is 9.84 Å². The van der Waals surface area contributed by atoms with Gasteiger partial charge in [-0.15, -0.1) is 0 Å². The lowest BCUT2D eigenvalue weighted by Gasteiger charge is -2.20. The maximum Gasteiger partial charge on any atom is 0.125 e. The molecule has 0 aliphatic heterocycles. The molecule has 1 saturated carbocycles. The topological polar surface area (TPSA) is 29.5 Å². The molecule has 0 spiro atoms. The van der Waals surface area contributed by atoms with E-state index in [9.17, 15) is 5.11 Å². The SMILES string of the molecule is COc1c(C)cc(C)cc1C1(CO)CC1C. The Labute approximate surface area is 97.3 Å². The van der Waals surface area contributed by atoms with Crippen LogP contribution in [0.2, 0.25) is 0 Å². The molecular formula is C14H20O2. The number of benzene rings is 1. The van der Waals surface area contributed by atoms with Gasteiger partial charge >= 0.3 is 0 Å². The Morgan fingerprint density at radius 3 is 2.50 bits per heavy atom. The van der Waals surface area contributed by atoms with Crippen LogP contribution in [-0.2, 0) is 5.41 Å². The van der Waals surface area contributed by atoms with Crippen molar-refractivity contribution in [1.82, 2.24) is 0 Å². The monoisotopic (exact) mass is 220 g/mol. The van der Waals surface area contributed by atoms with Crippen LogP contribution in [-0.4, -0.2) is 18.8 Å². The van der Waals surface area contributed by atoms with E-state index in [0.29, 0.717) is 5.92 Å². The molecule has 0 radical (unpaired) electrons. The molecule has 2 nitrogen and oxygen atoms in total. The number of aliphatic hydroxyl groups excluding tert-OH is 1. The zero-order valence-corrected chi connectivity index (χ0v) is 10.5. The Balaban J connectivity index is 2.55. The lowest BCUT2D eigenvalue weighted by Crippen LogP contribution is -2.16. The second-order valence-electron chi connectivity index (χ2n) is 5.08. The molecule has 1 aliphatic carbocycles. The molecule has 0 aromatic heterocycles. The zero-order valence-electron chi connectivity index (χ0n) is 10.5. The lowest BCUT2D eigenvalue weighted by molar-refractivity contribution is 0.243. The zero-order chi connectivity index (χ0) is 11.9. The largest absolute Gasteiger partial charge is 0.496 e. The van der Waals surface area contributed by atoms with Crippen molar-refractivity contribution in [2.45, 2.75) is 32.6 Å². The smallest absolute Gasteiger partial charge is 0.125 e. The maximum atomic E-state index is 9.63. The summed E-state index contributed by atoms with van der Waals surface area (Å²) in [5.41, 5.74) is 3.52. The van der Waals surface area contributed by atoms with Crippen LogP contribution in [0.1, 0.15) is 30.0 Å². The number of hydrogen-bond acceptors (Lipinski definition) is 2. The first-order chi connectivity index (χ1) is 7.55. The fourth-order valence-electron chi connectivity index (χ4n) is 2.76. The van der Waals surface area contributed by atoms with Crippen LogP contribution in [0.15, 0.2) is 12.1 Å². The quantitative estimate of drug-likeness (QED) is 0.848. The Morgan fingerprint density at radius 1 is 1.44 bits per heavy atom. The van der Waals surface area contributed by atoms with Gasteiger partial charge in [0.25, 0.3) is 0 Å². The van der Waals surface area contributed by atoms with Gasteiger partial charge in [-0.1, -0.05) is 24.6 Å². The van der Waals surface area contributed by atoms with Gasteiger partial charge in [0.1, 0.15) is 5.75 Å². The molecule has 0 amide bonds. The lowest BCUT2D eigenvalue weighted by atomic mass is 9.90. The summed E-state index contributed by atoms with van der Waals surface area (Å²) in [4.78, 5) is 0. The molecule has 1 aliphatic rings. The van der Waals surface area contributed by atoms with Gasteiger partial charge in [0.15, 0.2) is 0 Å². The van der Waals surface area contributed by atoms with Crippen LogP contribution < -0.4 is 4.74 Å². The van der Waals surface area contributed by atoms with Crippen LogP contribution in [0.25, 0.3) is 0 Å². The molecule has 0 bridgehead atoms. The van der Waals surface area contributed by atoms with E-state index in [1.54, 1.807) is 7.11 Å². The van der Waals surface area contributed by atoms with Crippen molar-refractivity contribution >= 4 is 0 Å². The molecule has 1 fully saturated rings. The summed E-state index contributed by atoms with van der Waals surface area (Å²) in [6, 6.07) is 4.28. The molecule has 16 heavy (non-hydrogen) atoms. The molecule has 0 saturated heterocycles. The summed E-state index contributed by atoms with van der Waals surface area (Å²) in [5.74, 6) is 1.50. The third kappa shape index (κ3) is 1.52. The minimum Gasteiger partial charge on any atom is -0.496 e. The van der Waals surface area contributed by atoms with Crippen molar-refractivity contribution in [3.05, 3.63) is 28.8 Å². The molecule has 2 unspecified atom stereocenters. The minimum absolute atomic E-state index is 0.0534. The highest BCUT2D eigenvalue weighted by Crippen LogP contribution is 2.56. The predicted octanol–water partition coefficient (Wildman–Crippen LogP) is 2.58. The maximum absolute atomic E-state index is 9.63. The number of ether oxygens (including phenoxy) is 1. The van der Waals surface area contributed by atoms with E-state index >= 15 is 0 Å². The predicted molar refractivity (Wildman–Crippen MR) is 65.0 cm³/mol. The molecule has 88 valence electrons. The van der Waals surface area contributed by atoms with E-state index < -0.39 is 0 Å². The third-order valence-corrected chi connectivity index (χ3v) is 3.90. The summed E-state index contributed by atoms with van der Waals surface area (Å²) in [5, 5.41) is 9.63. The number of aliphatic hydroxyl groups is 1. The first kappa shape index (κ1) is 11.5. The van der Waals surface area contributed by atoms with Crippen LogP contribution >= 0.6 is 0 Å². The summed E-state index contributed by atoms with van der Waals surface area (Å²) in [6.45, 7) is 6.56. The van der Waals surface area contributed by atoms with E-state index in [1.165, 1.54) is 11.1 Å². The van der Waals surface area contributed by atoms with E-state index in [-0.39, 0.29) is 12.0 Å². The highest BCUT2D eigenvalue weighted by molar-refractivity contribution is 5.51. The van der Waals surface area contributed by atoms with Gasteiger partial charge in [-0.2, -0.15) is 0 Å². The van der Waals surface area contributed by atoms with Crippen molar-refractivity contribution in [2.75, 3.05) is 13.7 Å². The molecule has 0 heterocycles. The normalized spacial score (nSPS) is 27.9. The summed E-state index contributed by atoms with van der Waals surface area (Å²) < 4.78 is 5.50. The Bertz CT molecular complexity index is 407. The van der Waals surface area contributed by atoms with Gasteiger partial charge in [-0.3, -0.25) is 0 Å². The molecule has 2 rings (SSSR count). The molecule has 1 aromatic carbocycles. The summed E-state index contributed by atoms with van der Waals surface area (Å²) >= 11 is 0. The molecule has 1 aromatic rings. The third-order valence-electron chi connectivity index (χ3n) is 3.90. The number of methoxy groups -OCH3 is 1. The first-order valence-electron chi connectivity index (χ1n) is 5.81. The average molecular weight is 220 g/mol. The van der Waals surface area contributed by atoms with Crippen molar-refractivity contribution in [3.8, 4) is 5.75 Å². The van der Waals surface area contributed by atoms with Crippen molar-refractivity contribution in [1.29, 1.82) is 0 Å². The van der Waals surface area contributed by atoms with Crippen LogP contribution in [0.3, 0.4) is 0 Å². The summed E-state index contributed by atoms with van der Waals surface area (Å²) in [6.07, 6.45) is 1.06. The fraction of sp³-hybridized carbons (Fsp3) is 0.571. The van der Waals surface area contributed by atoms with E-state index in [2.05, 4.69) is 32.9 Å². The standard InChI is InChI=1S/C14H20O2/c1-9-5-10(2)13(16-4)12(6-9)14(8-15)7-11(14)3/h5-6,11,15H,7-8H2,1-4H3. The second-order valence-corrected chi connectivity index (χ2v) is 5.08. The highest BCUT2D eigenvalue weighted by atomic mass is 16.5. The number of aryl methyl sites for hydroxylation is 2. The van der Waals surface area contributed by atoms with Crippen LogP contribution in [0.5, 0.6) is 5.75 Å². The molecule has 1 N–H and O–H groups in total. The van der Waals surface area contributed by atoms with Gasteiger partial charge in [0.2, 0.25) is 0 Å². The van der Waals surface area contributed by atoms with Crippen LogP contribution in [0.4, 0.5) is 0 Å². The van der Waals surface area contributed by atoms with Gasteiger partial charge in [-0.25, -0.2) is 0 Å². The summed E-state index contributed by atoms with van der Waals surface area (Å²) in [7, 11) is 1.71. The van der Waals surface area contributed by atoms with Crippen LogP contribution in [0, 0.1) is 19.8 Å².